The second kappa shape index (κ2) is 3.56. The number of hydrogen-bond acceptors (Lipinski definition) is 2. The van der Waals surface area contributed by atoms with E-state index in [0.29, 0.717) is 18.5 Å². The number of hydrogen-bond donors (Lipinski definition) is 1. The normalized spacial score (nSPS) is 18.5. The minimum Gasteiger partial charge on any atom is -0.330 e. The summed E-state index contributed by atoms with van der Waals surface area (Å²) >= 11 is 0. The average Bonchev–Trinajstić information content (AvgIpc) is 2.84. The highest BCUT2D eigenvalue weighted by atomic mass is 19.3. The van der Waals surface area contributed by atoms with Gasteiger partial charge in [0.05, 0.1) is 0 Å². The van der Waals surface area contributed by atoms with Crippen LogP contribution in [0.25, 0.3) is 0 Å². The Morgan fingerprint density at radius 1 is 1.60 bits per heavy atom. The first-order valence-corrected chi connectivity index (χ1v) is 5.07. The Morgan fingerprint density at radius 3 is 2.73 bits per heavy atom. The molecule has 0 atom stereocenters. The zero-order chi connectivity index (χ0) is 11.1. The predicted molar refractivity (Wildman–Crippen MR) is 52.6 cm³/mol. The molecule has 1 aromatic rings. The standard InChI is InChI=1S/C10H15F2N3/c1-15-5-7(8(14-15)9(11)12)4-10(6-13)2-3-10/h5,9H,2-4,6,13H2,1H3. The van der Waals surface area contributed by atoms with Crippen molar-refractivity contribution in [3.8, 4) is 0 Å². The Labute approximate surface area is 87.3 Å². The molecule has 0 saturated heterocycles. The van der Waals surface area contributed by atoms with Crippen LogP contribution in [0.4, 0.5) is 8.78 Å². The second-order valence-corrected chi connectivity index (χ2v) is 4.39. The average molecular weight is 215 g/mol. The molecule has 0 aromatic carbocycles. The maximum atomic E-state index is 12.6. The van der Waals surface area contributed by atoms with Crippen molar-refractivity contribution in [2.75, 3.05) is 6.54 Å². The molecule has 1 aliphatic rings. The van der Waals surface area contributed by atoms with E-state index in [4.69, 9.17) is 5.73 Å². The smallest absolute Gasteiger partial charge is 0.282 e. The van der Waals surface area contributed by atoms with E-state index in [2.05, 4.69) is 5.10 Å². The van der Waals surface area contributed by atoms with Crippen LogP contribution < -0.4 is 5.73 Å². The van der Waals surface area contributed by atoms with Gasteiger partial charge in [0, 0.05) is 13.2 Å². The van der Waals surface area contributed by atoms with E-state index < -0.39 is 6.43 Å². The first kappa shape index (κ1) is 10.5. The van der Waals surface area contributed by atoms with E-state index in [1.54, 1.807) is 13.2 Å². The predicted octanol–water partition coefficient (Wildman–Crippen LogP) is 1.64. The maximum absolute atomic E-state index is 12.6. The van der Waals surface area contributed by atoms with Gasteiger partial charge in [-0.1, -0.05) is 0 Å². The van der Waals surface area contributed by atoms with Gasteiger partial charge in [-0.3, -0.25) is 4.68 Å². The summed E-state index contributed by atoms with van der Waals surface area (Å²) in [5.74, 6) is 0. The number of halogens is 2. The van der Waals surface area contributed by atoms with Crippen LogP contribution in [0.2, 0.25) is 0 Å². The van der Waals surface area contributed by atoms with Crippen LogP contribution in [0.3, 0.4) is 0 Å². The Morgan fingerprint density at radius 2 is 2.27 bits per heavy atom. The highest BCUT2D eigenvalue weighted by molar-refractivity contribution is 5.22. The summed E-state index contributed by atoms with van der Waals surface area (Å²) in [6.45, 7) is 0.574. The highest BCUT2D eigenvalue weighted by Crippen LogP contribution is 2.48. The Balaban J connectivity index is 2.20. The molecule has 15 heavy (non-hydrogen) atoms. The van der Waals surface area contributed by atoms with Crippen LogP contribution in [0.5, 0.6) is 0 Å². The van der Waals surface area contributed by atoms with Crippen molar-refractivity contribution in [2.45, 2.75) is 25.7 Å². The zero-order valence-electron chi connectivity index (χ0n) is 8.71. The number of rotatable bonds is 4. The van der Waals surface area contributed by atoms with Crippen molar-refractivity contribution in [3.63, 3.8) is 0 Å². The van der Waals surface area contributed by atoms with E-state index in [1.807, 2.05) is 0 Å². The molecule has 1 aliphatic carbocycles. The summed E-state index contributed by atoms with van der Waals surface area (Å²) < 4.78 is 26.7. The Kier molecular flexibility index (Phi) is 2.50. The molecule has 0 amide bonds. The summed E-state index contributed by atoms with van der Waals surface area (Å²) in [7, 11) is 1.66. The molecule has 3 nitrogen and oxygen atoms in total. The van der Waals surface area contributed by atoms with Gasteiger partial charge in [0.2, 0.25) is 0 Å². The third-order valence-electron chi connectivity index (χ3n) is 3.10. The SMILES string of the molecule is Cn1cc(CC2(CN)CC2)c(C(F)F)n1. The quantitative estimate of drug-likeness (QED) is 0.829. The van der Waals surface area contributed by atoms with E-state index in [9.17, 15) is 8.78 Å². The van der Waals surface area contributed by atoms with Gasteiger partial charge in [-0.15, -0.1) is 0 Å². The molecule has 1 saturated carbocycles. The van der Waals surface area contributed by atoms with Crippen molar-refractivity contribution in [1.82, 2.24) is 9.78 Å². The van der Waals surface area contributed by atoms with Gasteiger partial charge >= 0.3 is 0 Å². The van der Waals surface area contributed by atoms with Crippen LogP contribution in [-0.2, 0) is 13.5 Å². The van der Waals surface area contributed by atoms with Crippen molar-refractivity contribution in [1.29, 1.82) is 0 Å². The Bertz CT molecular complexity index is 356. The summed E-state index contributed by atoms with van der Waals surface area (Å²) in [6.07, 6.45) is 1.91. The lowest BCUT2D eigenvalue weighted by Crippen LogP contribution is -2.18. The molecule has 84 valence electrons. The third kappa shape index (κ3) is 2.02. The minimum absolute atomic E-state index is 0.0761. The summed E-state index contributed by atoms with van der Waals surface area (Å²) in [4.78, 5) is 0. The summed E-state index contributed by atoms with van der Waals surface area (Å²) in [5, 5.41) is 3.78. The van der Waals surface area contributed by atoms with Gasteiger partial charge in [-0.05, 0) is 36.8 Å². The zero-order valence-corrected chi connectivity index (χ0v) is 8.71. The lowest BCUT2D eigenvalue weighted by atomic mass is 9.97. The number of aromatic nitrogens is 2. The molecule has 5 heteroatoms. The van der Waals surface area contributed by atoms with Crippen molar-refractivity contribution in [2.24, 2.45) is 18.2 Å². The van der Waals surface area contributed by atoms with Crippen LogP contribution in [-0.4, -0.2) is 16.3 Å². The number of nitrogens with zero attached hydrogens (tertiary/aromatic N) is 2. The topological polar surface area (TPSA) is 43.8 Å². The minimum atomic E-state index is -2.49. The highest BCUT2D eigenvalue weighted by Gasteiger charge is 2.42. The molecule has 2 rings (SSSR count). The molecule has 0 spiro atoms. The van der Waals surface area contributed by atoms with E-state index in [1.165, 1.54) is 4.68 Å². The molecule has 2 N–H and O–H groups in total. The van der Waals surface area contributed by atoms with Gasteiger partial charge < -0.3 is 5.73 Å². The lowest BCUT2D eigenvalue weighted by Gasteiger charge is -2.11. The third-order valence-corrected chi connectivity index (χ3v) is 3.10. The molecular weight excluding hydrogens is 200 g/mol. The van der Waals surface area contributed by atoms with Gasteiger partial charge in [-0.25, -0.2) is 8.78 Å². The largest absolute Gasteiger partial charge is 0.330 e. The molecule has 1 heterocycles. The van der Waals surface area contributed by atoms with Gasteiger partial charge in [-0.2, -0.15) is 5.10 Å². The van der Waals surface area contributed by atoms with Gasteiger partial charge in [0.15, 0.2) is 0 Å². The van der Waals surface area contributed by atoms with E-state index in [-0.39, 0.29) is 11.1 Å². The molecule has 1 aromatic heterocycles. The second-order valence-electron chi connectivity index (χ2n) is 4.39. The van der Waals surface area contributed by atoms with Crippen molar-refractivity contribution < 1.29 is 8.78 Å². The molecule has 0 unspecified atom stereocenters. The number of alkyl halides is 2. The van der Waals surface area contributed by atoms with Crippen LogP contribution in [0.15, 0.2) is 6.20 Å². The van der Waals surface area contributed by atoms with Crippen molar-refractivity contribution in [3.05, 3.63) is 17.5 Å². The molecule has 1 fully saturated rings. The van der Waals surface area contributed by atoms with Gasteiger partial charge in [0.25, 0.3) is 6.43 Å². The first-order valence-electron chi connectivity index (χ1n) is 5.07. The molecule has 0 aliphatic heterocycles. The summed E-state index contributed by atoms with van der Waals surface area (Å²) in [6, 6.07) is 0. The fourth-order valence-electron chi connectivity index (χ4n) is 1.91. The van der Waals surface area contributed by atoms with E-state index in [0.717, 1.165) is 12.8 Å². The number of nitrogens with two attached hydrogens (primary N) is 1. The maximum Gasteiger partial charge on any atom is 0.282 e. The van der Waals surface area contributed by atoms with Crippen LogP contribution in [0.1, 0.15) is 30.5 Å². The van der Waals surface area contributed by atoms with Crippen molar-refractivity contribution >= 4 is 0 Å². The molecule has 0 radical (unpaired) electrons. The fraction of sp³-hybridized carbons (Fsp3) is 0.700. The van der Waals surface area contributed by atoms with Gasteiger partial charge in [0.1, 0.15) is 5.69 Å². The van der Waals surface area contributed by atoms with Crippen LogP contribution >= 0.6 is 0 Å². The molecule has 0 bridgehead atoms. The fourth-order valence-corrected chi connectivity index (χ4v) is 1.91. The monoisotopic (exact) mass is 215 g/mol. The number of aryl methyl sites for hydroxylation is 1. The summed E-state index contributed by atoms with van der Waals surface area (Å²) in [5.41, 5.74) is 6.27. The van der Waals surface area contributed by atoms with E-state index >= 15 is 0 Å². The van der Waals surface area contributed by atoms with Crippen LogP contribution in [0, 0.1) is 5.41 Å². The molecular formula is C10H15F2N3. The Hall–Kier alpha value is -0.970. The first-order chi connectivity index (χ1) is 7.06. The lowest BCUT2D eigenvalue weighted by molar-refractivity contribution is 0.143.